The average Bonchev–Trinajstić information content (AvgIpc) is 3.46. The number of aromatic nitrogens is 2. The second-order valence-corrected chi connectivity index (χ2v) is 13.8. The number of carbonyl (C=O) groups excluding carboxylic acids is 3. The van der Waals surface area contributed by atoms with Crippen LogP contribution in [0.4, 0.5) is 11.6 Å². The molecule has 0 radical (unpaired) electrons. The van der Waals surface area contributed by atoms with E-state index < -0.39 is 40.0 Å². The number of ether oxygens (including phenoxy) is 1. The molecule has 1 aromatic heterocycles. The number of carbonyl (C=O) groups is 3. The molecule has 1 saturated heterocycles. The van der Waals surface area contributed by atoms with Crippen molar-refractivity contribution in [3.05, 3.63) is 68.7 Å². The van der Waals surface area contributed by atoms with Crippen LogP contribution < -0.4 is 4.90 Å². The minimum absolute atomic E-state index is 0.0135. The molecule has 42 heavy (non-hydrogen) atoms. The minimum atomic E-state index is -4.16. The van der Waals surface area contributed by atoms with Crippen molar-refractivity contribution in [3.8, 4) is 0 Å². The number of amides is 2. The first-order valence-electron chi connectivity index (χ1n) is 12.9. The molecule has 2 aliphatic rings. The summed E-state index contributed by atoms with van der Waals surface area (Å²) in [4.78, 5) is 44.8. The summed E-state index contributed by atoms with van der Waals surface area (Å²) >= 11 is 15.9. The number of anilines is 2. The van der Waals surface area contributed by atoms with Gasteiger partial charge in [-0.2, -0.15) is 4.31 Å². The van der Waals surface area contributed by atoms with Crippen LogP contribution in [0, 0.1) is 0 Å². The van der Waals surface area contributed by atoms with Crippen LogP contribution in [-0.2, 0) is 41.1 Å². The maximum atomic E-state index is 14.2. The molecule has 2 aliphatic heterocycles. The number of benzene rings is 2. The molecule has 15 heteroatoms. The fourth-order valence-corrected chi connectivity index (χ4v) is 7.57. The highest BCUT2D eigenvalue weighted by atomic mass is 79.9. The standard InChI is InChI=1S/C27H26BrCl2N5O6S/c1-17(36)41-16-23(37)32-7-9-33(10-8-32)42(39,40)24-15-31-26-34(22-12-20(29)11-21(30)13-22)25(38)27(2,35(24)26)14-18-3-5-19(28)6-4-18/h3-6,11-13,15H,7-10,14,16H2,1-2H3. The molecular weight excluding hydrogens is 673 g/mol. The second kappa shape index (κ2) is 11.6. The summed E-state index contributed by atoms with van der Waals surface area (Å²) in [6.07, 6.45) is 1.42. The number of sulfonamides is 1. The fourth-order valence-electron chi connectivity index (χ4n) is 5.18. The number of nitrogens with zero attached hydrogens (tertiary/aromatic N) is 5. The number of hydrogen-bond donors (Lipinski definition) is 0. The first-order chi connectivity index (χ1) is 19.8. The summed E-state index contributed by atoms with van der Waals surface area (Å²) in [7, 11) is -4.16. The van der Waals surface area contributed by atoms with Crippen molar-refractivity contribution in [2.75, 3.05) is 37.7 Å². The lowest BCUT2D eigenvalue weighted by molar-refractivity contribution is -0.150. The Bertz CT molecular complexity index is 1650. The Balaban J connectivity index is 1.52. The van der Waals surface area contributed by atoms with Crippen molar-refractivity contribution in [3.63, 3.8) is 0 Å². The van der Waals surface area contributed by atoms with Crippen LogP contribution in [0.5, 0.6) is 0 Å². The van der Waals surface area contributed by atoms with Gasteiger partial charge in [-0.25, -0.2) is 18.3 Å². The Morgan fingerprint density at radius 1 is 1.05 bits per heavy atom. The maximum absolute atomic E-state index is 14.2. The van der Waals surface area contributed by atoms with Gasteiger partial charge >= 0.3 is 5.97 Å². The Morgan fingerprint density at radius 2 is 1.67 bits per heavy atom. The summed E-state index contributed by atoms with van der Waals surface area (Å²) in [6.45, 7) is 2.74. The summed E-state index contributed by atoms with van der Waals surface area (Å²) in [5.74, 6) is -1.26. The van der Waals surface area contributed by atoms with E-state index in [-0.39, 0.29) is 43.6 Å². The predicted octanol–water partition coefficient (Wildman–Crippen LogP) is 3.98. The number of imidazole rings is 1. The molecule has 1 unspecified atom stereocenters. The molecule has 3 aromatic rings. The molecule has 1 fully saturated rings. The van der Waals surface area contributed by atoms with Gasteiger partial charge in [-0.1, -0.05) is 51.3 Å². The first-order valence-corrected chi connectivity index (χ1v) is 15.8. The smallest absolute Gasteiger partial charge is 0.303 e. The highest BCUT2D eigenvalue weighted by Crippen LogP contribution is 2.45. The van der Waals surface area contributed by atoms with Gasteiger partial charge in [0.05, 0.1) is 11.9 Å². The van der Waals surface area contributed by atoms with Gasteiger partial charge in [-0.3, -0.25) is 19.0 Å². The van der Waals surface area contributed by atoms with Crippen molar-refractivity contribution in [1.29, 1.82) is 0 Å². The molecule has 0 aliphatic carbocycles. The van der Waals surface area contributed by atoms with Gasteiger partial charge in [-0.15, -0.1) is 0 Å². The van der Waals surface area contributed by atoms with Crippen LogP contribution in [0.15, 0.2) is 58.2 Å². The lowest BCUT2D eigenvalue weighted by atomic mass is 9.92. The Hall–Kier alpha value is -2.97. The van der Waals surface area contributed by atoms with Gasteiger partial charge in [0.2, 0.25) is 5.95 Å². The third kappa shape index (κ3) is 5.68. The maximum Gasteiger partial charge on any atom is 0.303 e. The molecule has 222 valence electrons. The van der Waals surface area contributed by atoms with E-state index in [9.17, 15) is 22.8 Å². The molecule has 0 bridgehead atoms. The molecule has 11 nitrogen and oxygen atoms in total. The van der Waals surface area contributed by atoms with Crippen LogP contribution in [-0.4, -0.2) is 77.7 Å². The molecule has 2 amide bonds. The normalized spacial score (nSPS) is 19.2. The lowest BCUT2D eigenvalue weighted by Crippen LogP contribution is -2.52. The van der Waals surface area contributed by atoms with Gasteiger partial charge in [0, 0.05) is 54.0 Å². The van der Waals surface area contributed by atoms with Crippen LogP contribution in [0.2, 0.25) is 10.0 Å². The highest BCUT2D eigenvalue weighted by molar-refractivity contribution is 9.10. The predicted molar refractivity (Wildman–Crippen MR) is 159 cm³/mol. The molecule has 3 heterocycles. The molecule has 0 saturated carbocycles. The van der Waals surface area contributed by atoms with Gasteiger partial charge in [-0.05, 0) is 42.8 Å². The summed E-state index contributed by atoms with van der Waals surface area (Å²) in [5.41, 5.74) is -0.214. The average molecular weight is 699 g/mol. The number of fused-ring (bicyclic) bond motifs is 1. The Labute approximate surface area is 261 Å². The second-order valence-electron chi connectivity index (χ2n) is 10.1. The number of piperazine rings is 1. The molecule has 0 spiro atoms. The third-order valence-corrected chi connectivity index (χ3v) is 10.1. The largest absolute Gasteiger partial charge is 0.456 e. The van der Waals surface area contributed by atoms with Crippen LogP contribution in [0.25, 0.3) is 0 Å². The van der Waals surface area contributed by atoms with Crippen molar-refractivity contribution in [2.24, 2.45) is 0 Å². The third-order valence-electron chi connectivity index (χ3n) is 7.23. The van der Waals surface area contributed by atoms with Crippen molar-refractivity contribution >= 4 is 78.6 Å². The zero-order chi connectivity index (χ0) is 30.4. The Kier molecular flexibility index (Phi) is 8.42. The topological polar surface area (TPSA) is 122 Å². The van der Waals surface area contributed by atoms with E-state index in [0.717, 1.165) is 10.0 Å². The zero-order valence-electron chi connectivity index (χ0n) is 22.6. The molecular formula is C27H26BrCl2N5O6S. The van der Waals surface area contributed by atoms with Crippen molar-refractivity contribution in [2.45, 2.75) is 30.8 Å². The number of halogens is 3. The molecule has 1 atom stereocenters. The fraction of sp³-hybridized carbons (Fsp3) is 0.333. The van der Waals surface area contributed by atoms with Crippen LogP contribution in [0.1, 0.15) is 19.4 Å². The van der Waals surface area contributed by atoms with E-state index in [4.69, 9.17) is 27.9 Å². The SMILES string of the molecule is CC(=O)OCC(=O)N1CCN(S(=O)(=O)c2cnc3n2C(C)(Cc2ccc(Br)cc2)C(=O)N3c2cc(Cl)cc(Cl)c2)CC1. The van der Waals surface area contributed by atoms with Gasteiger partial charge in [0.15, 0.2) is 11.6 Å². The van der Waals surface area contributed by atoms with E-state index in [1.54, 1.807) is 19.1 Å². The van der Waals surface area contributed by atoms with Gasteiger partial charge < -0.3 is 9.64 Å². The number of rotatable bonds is 7. The first kappa shape index (κ1) is 30.5. The highest BCUT2D eigenvalue weighted by Gasteiger charge is 2.52. The van der Waals surface area contributed by atoms with E-state index in [2.05, 4.69) is 20.9 Å². The van der Waals surface area contributed by atoms with Gasteiger partial charge in [0.1, 0.15) is 5.54 Å². The number of hydrogen-bond acceptors (Lipinski definition) is 7. The summed E-state index contributed by atoms with van der Waals surface area (Å²) < 4.78 is 36.5. The van der Waals surface area contributed by atoms with Crippen LogP contribution in [0.3, 0.4) is 0 Å². The zero-order valence-corrected chi connectivity index (χ0v) is 26.5. The van der Waals surface area contributed by atoms with E-state index in [0.29, 0.717) is 15.7 Å². The molecule has 0 N–H and O–H groups in total. The molecule has 5 rings (SSSR count). The van der Waals surface area contributed by atoms with Crippen molar-refractivity contribution in [1.82, 2.24) is 18.8 Å². The molecule has 2 aromatic carbocycles. The summed E-state index contributed by atoms with van der Waals surface area (Å²) in [5, 5.41) is 0.457. The minimum Gasteiger partial charge on any atom is -0.456 e. The van der Waals surface area contributed by atoms with E-state index in [1.807, 2.05) is 24.3 Å². The van der Waals surface area contributed by atoms with Crippen LogP contribution >= 0.6 is 39.1 Å². The Morgan fingerprint density at radius 3 is 2.26 bits per heavy atom. The lowest BCUT2D eigenvalue weighted by Gasteiger charge is -2.34. The summed E-state index contributed by atoms with van der Waals surface area (Å²) in [6, 6.07) is 12.1. The van der Waals surface area contributed by atoms with E-state index in [1.165, 1.54) is 37.9 Å². The van der Waals surface area contributed by atoms with E-state index >= 15 is 0 Å². The quantitative estimate of drug-likeness (QED) is 0.342. The van der Waals surface area contributed by atoms with Gasteiger partial charge in [0.25, 0.3) is 21.8 Å². The monoisotopic (exact) mass is 697 g/mol. The number of esters is 1. The van der Waals surface area contributed by atoms with Crippen molar-refractivity contribution < 1.29 is 27.5 Å².